The molecular weight excluding hydrogens is 465 g/mol. The Balaban J connectivity index is 0.00000392. The second-order valence-electron chi connectivity index (χ2n) is 8.75. The van der Waals surface area contributed by atoms with Crippen molar-refractivity contribution in [3.8, 4) is 0 Å². The molecule has 2 fully saturated rings. The summed E-state index contributed by atoms with van der Waals surface area (Å²) in [6.45, 7) is 12.8. The van der Waals surface area contributed by atoms with Gasteiger partial charge in [-0.05, 0) is 71.2 Å². The fourth-order valence-electron chi connectivity index (χ4n) is 4.18. The quantitative estimate of drug-likeness (QED) is 0.217. The zero-order valence-corrected chi connectivity index (χ0v) is 21.0. The van der Waals surface area contributed by atoms with Gasteiger partial charge in [0.25, 0.3) is 0 Å². The Morgan fingerprint density at radius 2 is 1.75 bits per heavy atom. The summed E-state index contributed by atoms with van der Waals surface area (Å²) >= 11 is 0. The van der Waals surface area contributed by atoms with Crippen LogP contribution in [0.5, 0.6) is 0 Å². The van der Waals surface area contributed by atoms with Crippen molar-refractivity contribution in [1.29, 1.82) is 0 Å². The maximum absolute atomic E-state index is 5.66. The Morgan fingerprint density at radius 1 is 1.07 bits per heavy atom. The van der Waals surface area contributed by atoms with Crippen LogP contribution in [0.2, 0.25) is 0 Å². The summed E-state index contributed by atoms with van der Waals surface area (Å²) in [4.78, 5) is 9.67. The molecule has 0 spiro atoms. The van der Waals surface area contributed by atoms with Crippen LogP contribution in [0.3, 0.4) is 0 Å². The molecule has 6 nitrogen and oxygen atoms in total. The van der Waals surface area contributed by atoms with Gasteiger partial charge in [-0.25, -0.2) is 0 Å². The van der Waals surface area contributed by atoms with Crippen molar-refractivity contribution in [2.24, 2.45) is 10.9 Å². The van der Waals surface area contributed by atoms with Crippen molar-refractivity contribution in [2.75, 3.05) is 66.6 Å². The minimum absolute atomic E-state index is 0. The molecule has 166 valence electrons. The minimum Gasteiger partial charge on any atom is -0.381 e. The minimum atomic E-state index is 0. The molecule has 2 N–H and O–H groups in total. The summed E-state index contributed by atoms with van der Waals surface area (Å²) in [5.74, 6) is 1.53. The molecule has 0 aromatic rings. The molecule has 0 radical (unpaired) electrons. The number of aliphatic imine (C=N–C) groups is 1. The Morgan fingerprint density at radius 3 is 2.36 bits per heavy atom. The van der Waals surface area contributed by atoms with E-state index in [0.717, 1.165) is 38.7 Å². The van der Waals surface area contributed by atoms with E-state index in [-0.39, 0.29) is 29.5 Å². The van der Waals surface area contributed by atoms with Gasteiger partial charge in [-0.2, -0.15) is 0 Å². The van der Waals surface area contributed by atoms with Gasteiger partial charge in [0.15, 0.2) is 5.96 Å². The number of piperidine rings is 2. The number of ether oxygens (including phenoxy) is 1. The van der Waals surface area contributed by atoms with E-state index in [1.165, 1.54) is 58.3 Å². The van der Waals surface area contributed by atoms with E-state index in [1.54, 1.807) is 0 Å². The lowest BCUT2D eigenvalue weighted by molar-refractivity contribution is 0.0173. The smallest absolute Gasteiger partial charge is 0.191 e. The zero-order valence-electron chi connectivity index (χ0n) is 18.6. The molecular formula is C21H44IN5O. The molecule has 28 heavy (non-hydrogen) atoms. The predicted molar refractivity (Wildman–Crippen MR) is 130 cm³/mol. The van der Waals surface area contributed by atoms with E-state index >= 15 is 0 Å². The van der Waals surface area contributed by atoms with Crippen LogP contribution in [0.1, 0.15) is 52.4 Å². The maximum Gasteiger partial charge on any atom is 0.191 e. The highest BCUT2D eigenvalue weighted by Gasteiger charge is 2.39. The van der Waals surface area contributed by atoms with Crippen molar-refractivity contribution >= 4 is 29.9 Å². The van der Waals surface area contributed by atoms with Crippen LogP contribution in [0, 0.1) is 5.92 Å². The lowest BCUT2D eigenvalue weighted by Crippen LogP contribution is -2.62. The molecule has 0 amide bonds. The van der Waals surface area contributed by atoms with E-state index in [2.05, 4.69) is 46.3 Å². The van der Waals surface area contributed by atoms with Crippen molar-refractivity contribution in [2.45, 2.75) is 57.9 Å². The van der Waals surface area contributed by atoms with E-state index < -0.39 is 0 Å². The summed E-state index contributed by atoms with van der Waals surface area (Å²) in [5.41, 5.74) is 0.283. The normalized spacial score (nSPS) is 21.4. The van der Waals surface area contributed by atoms with Crippen molar-refractivity contribution in [3.05, 3.63) is 0 Å². The fraction of sp³-hybridized carbons (Fsp3) is 0.952. The average molecular weight is 510 g/mol. The molecule has 0 aromatic carbocycles. The van der Waals surface area contributed by atoms with Gasteiger partial charge in [0.05, 0.1) is 0 Å². The predicted octanol–water partition coefficient (Wildman–Crippen LogP) is 2.78. The van der Waals surface area contributed by atoms with Crippen LogP contribution in [-0.2, 0) is 4.74 Å². The first-order valence-electron chi connectivity index (χ1n) is 11.0. The van der Waals surface area contributed by atoms with Crippen LogP contribution in [-0.4, -0.2) is 87.9 Å². The standard InChI is InChI=1S/C21H43N5O.HI/c1-19(2)17-27-16-8-11-23-20(22-3)24-18-21(9-14-25(4)15-10-21)26-12-6-5-7-13-26;/h19H,5-18H2,1-4H3,(H2,22,23,24);1H. The van der Waals surface area contributed by atoms with Crippen molar-refractivity contribution in [3.63, 3.8) is 0 Å². The highest BCUT2D eigenvalue weighted by Crippen LogP contribution is 2.30. The van der Waals surface area contributed by atoms with Gasteiger partial charge < -0.3 is 20.3 Å². The van der Waals surface area contributed by atoms with E-state index in [0.29, 0.717) is 5.92 Å². The van der Waals surface area contributed by atoms with Crippen LogP contribution < -0.4 is 10.6 Å². The Labute approximate surface area is 190 Å². The second-order valence-corrected chi connectivity index (χ2v) is 8.75. The molecule has 0 bridgehead atoms. The third-order valence-corrected chi connectivity index (χ3v) is 5.96. The van der Waals surface area contributed by atoms with Gasteiger partial charge in [-0.1, -0.05) is 20.3 Å². The average Bonchev–Trinajstić information content (AvgIpc) is 2.69. The summed E-state index contributed by atoms with van der Waals surface area (Å²) in [7, 11) is 4.11. The summed E-state index contributed by atoms with van der Waals surface area (Å²) in [6.07, 6.45) is 7.59. The van der Waals surface area contributed by atoms with Crippen LogP contribution >= 0.6 is 24.0 Å². The van der Waals surface area contributed by atoms with Crippen LogP contribution in [0.15, 0.2) is 4.99 Å². The molecule has 0 unspecified atom stereocenters. The number of rotatable bonds is 9. The molecule has 0 aliphatic carbocycles. The van der Waals surface area contributed by atoms with Gasteiger partial charge in [-0.15, -0.1) is 24.0 Å². The molecule has 0 aromatic heterocycles. The van der Waals surface area contributed by atoms with Gasteiger partial charge >= 0.3 is 0 Å². The topological polar surface area (TPSA) is 52.1 Å². The number of likely N-dealkylation sites (tertiary alicyclic amines) is 2. The highest BCUT2D eigenvalue weighted by molar-refractivity contribution is 14.0. The largest absolute Gasteiger partial charge is 0.381 e. The van der Waals surface area contributed by atoms with E-state index in [1.807, 2.05) is 7.05 Å². The number of halogens is 1. The molecule has 2 saturated heterocycles. The summed E-state index contributed by atoms with van der Waals surface area (Å²) < 4.78 is 5.66. The van der Waals surface area contributed by atoms with E-state index in [9.17, 15) is 0 Å². The Bertz CT molecular complexity index is 433. The third kappa shape index (κ3) is 8.71. The number of guanidine groups is 1. The Hall–Kier alpha value is -0.120. The first-order valence-corrected chi connectivity index (χ1v) is 11.0. The lowest BCUT2D eigenvalue weighted by Gasteiger charge is -2.50. The Kier molecular flexibility index (Phi) is 12.9. The van der Waals surface area contributed by atoms with Crippen LogP contribution in [0.4, 0.5) is 0 Å². The fourth-order valence-corrected chi connectivity index (χ4v) is 4.18. The third-order valence-electron chi connectivity index (χ3n) is 5.96. The SMILES string of the molecule is CN=C(NCCCOCC(C)C)NCC1(N2CCCCC2)CCN(C)CC1.I. The molecule has 0 atom stereocenters. The van der Waals surface area contributed by atoms with Crippen molar-refractivity contribution in [1.82, 2.24) is 20.4 Å². The molecule has 2 aliphatic heterocycles. The molecule has 2 aliphatic rings. The van der Waals surface area contributed by atoms with Gasteiger partial charge in [0, 0.05) is 38.9 Å². The number of hydrogen-bond acceptors (Lipinski definition) is 4. The number of nitrogens with zero attached hydrogens (tertiary/aromatic N) is 3. The molecule has 7 heteroatoms. The van der Waals surface area contributed by atoms with Gasteiger partial charge in [0.1, 0.15) is 0 Å². The second kappa shape index (κ2) is 14.0. The molecule has 0 saturated carbocycles. The molecule has 2 rings (SSSR count). The number of hydrogen-bond donors (Lipinski definition) is 2. The zero-order chi connectivity index (χ0) is 19.5. The summed E-state index contributed by atoms with van der Waals surface area (Å²) in [6, 6.07) is 0. The first-order chi connectivity index (χ1) is 13.1. The lowest BCUT2D eigenvalue weighted by atomic mass is 9.84. The summed E-state index contributed by atoms with van der Waals surface area (Å²) in [5, 5.41) is 7.10. The van der Waals surface area contributed by atoms with Crippen LogP contribution in [0.25, 0.3) is 0 Å². The van der Waals surface area contributed by atoms with Crippen molar-refractivity contribution < 1.29 is 4.74 Å². The highest BCUT2D eigenvalue weighted by atomic mass is 127. The van der Waals surface area contributed by atoms with Gasteiger partial charge in [0.2, 0.25) is 0 Å². The number of nitrogens with one attached hydrogen (secondary N) is 2. The first kappa shape index (κ1) is 25.9. The molecule has 2 heterocycles. The van der Waals surface area contributed by atoms with Gasteiger partial charge in [-0.3, -0.25) is 9.89 Å². The van der Waals surface area contributed by atoms with E-state index in [4.69, 9.17) is 4.74 Å². The maximum atomic E-state index is 5.66. The monoisotopic (exact) mass is 509 g/mol.